The van der Waals surface area contributed by atoms with Crippen LogP contribution in [0.4, 0.5) is 4.79 Å². The number of amides is 2. The second-order valence-electron chi connectivity index (χ2n) is 8.83. The number of nitrogens with one attached hydrogen (secondary N) is 1. The predicted octanol–water partition coefficient (Wildman–Crippen LogP) is 3.24. The Morgan fingerprint density at radius 1 is 1.03 bits per heavy atom. The summed E-state index contributed by atoms with van der Waals surface area (Å²) in [6, 6.07) is 16.2. The Morgan fingerprint density at radius 3 is 2.31 bits per heavy atom. The maximum absolute atomic E-state index is 12.4. The smallest absolute Gasteiger partial charge is 0.407 e. The summed E-state index contributed by atoms with van der Waals surface area (Å²) >= 11 is 0. The van der Waals surface area contributed by atoms with Gasteiger partial charge in [0.2, 0.25) is 5.91 Å². The molecule has 7 heteroatoms. The van der Waals surface area contributed by atoms with E-state index in [0.717, 1.165) is 17.5 Å². The first-order valence-electron chi connectivity index (χ1n) is 11.2. The molecule has 2 amide bonds. The Kier molecular flexibility index (Phi) is 5.33. The van der Waals surface area contributed by atoms with Crippen molar-refractivity contribution in [3.63, 3.8) is 0 Å². The van der Waals surface area contributed by atoms with Crippen LogP contribution in [-0.2, 0) is 14.3 Å². The van der Waals surface area contributed by atoms with Crippen molar-refractivity contribution in [2.75, 3.05) is 19.7 Å². The van der Waals surface area contributed by atoms with E-state index < -0.39 is 18.0 Å². The average Bonchev–Trinajstić information content (AvgIpc) is 3.46. The fraction of sp³-hybridized carbons (Fsp3) is 0.400. The minimum atomic E-state index is -0.807. The highest BCUT2D eigenvalue weighted by Crippen LogP contribution is 2.47. The fourth-order valence-electron chi connectivity index (χ4n) is 5.50. The number of rotatable bonds is 7. The summed E-state index contributed by atoms with van der Waals surface area (Å²) in [5.41, 5.74) is 4.69. The maximum atomic E-state index is 12.4. The molecule has 166 valence electrons. The number of carboxylic acid groups (broad SMARTS) is 1. The topological polar surface area (TPSA) is 95.9 Å². The largest absolute Gasteiger partial charge is 0.481 e. The van der Waals surface area contributed by atoms with Crippen LogP contribution < -0.4 is 5.32 Å². The summed E-state index contributed by atoms with van der Waals surface area (Å²) in [6.45, 7) is 1.14. The summed E-state index contributed by atoms with van der Waals surface area (Å²) in [4.78, 5) is 37.6. The highest BCUT2D eigenvalue weighted by molar-refractivity contribution is 5.81. The Bertz CT molecular complexity index is 1020. The van der Waals surface area contributed by atoms with Crippen LogP contribution in [-0.4, -0.2) is 53.7 Å². The summed E-state index contributed by atoms with van der Waals surface area (Å²) in [6.07, 6.45) is 1.09. The van der Waals surface area contributed by atoms with E-state index >= 15 is 0 Å². The third-order valence-corrected chi connectivity index (χ3v) is 7.08. The normalized spacial score (nSPS) is 22.6. The van der Waals surface area contributed by atoms with E-state index in [9.17, 15) is 19.5 Å². The van der Waals surface area contributed by atoms with Gasteiger partial charge in [-0.2, -0.15) is 0 Å². The van der Waals surface area contributed by atoms with Crippen molar-refractivity contribution in [3.8, 4) is 11.1 Å². The van der Waals surface area contributed by atoms with Gasteiger partial charge in [0.15, 0.2) is 0 Å². The third-order valence-electron chi connectivity index (χ3n) is 7.08. The maximum Gasteiger partial charge on any atom is 0.407 e. The van der Waals surface area contributed by atoms with Crippen LogP contribution in [0.25, 0.3) is 11.1 Å². The first kappa shape index (κ1) is 20.5. The molecule has 2 heterocycles. The van der Waals surface area contributed by atoms with Crippen molar-refractivity contribution in [2.24, 2.45) is 11.8 Å². The zero-order chi connectivity index (χ0) is 22.2. The van der Waals surface area contributed by atoms with E-state index in [0.29, 0.717) is 25.9 Å². The van der Waals surface area contributed by atoms with E-state index in [1.165, 1.54) is 11.1 Å². The van der Waals surface area contributed by atoms with Crippen LogP contribution in [0.1, 0.15) is 36.3 Å². The first-order chi connectivity index (χ1) is 15.5. The number of hydrogen-bond donors (Lipinski definition) is 2. The number of benzene rings is 2. The van der Waals surface area contributed by atoms with Crippen LogP contribution in [0.15, 0.2) is 48.5 Å². The molecule has 3 unspecified atom stereocenters. The third kappa shape index (κ3) is 3.51. The van der Waals surface area contributed by atoms with E-state index in [-0.39, 0.29) is 30.4 Å². The van der Waals surface area contributed by atoms with Crippen molar-refractivity contribution >= 4 is 18.0 Å². The van der Waals surface area contributed by atoms with Crippen molar-refractivity contribution in [2.45, 2.75) is 31.2 Å². The van der Waals surface area contributed by atoms with Gasteiger partial charge in [0.05, 0.1) is 5.92 Å². The van der Waals surface area contributed by atoms with Crippen LogP contribution >= 0.6 is 0 Å². The molecule has 0 radical (unpaired) electrons. The van der Waals surface area contributed by atoms with E-state index in [1.807, 2.05) is 24.3 Å². The number of nitrogens with zero attached hydrogens (tertiary/aromatic N) is 1. The minimum absolute atomic E-state index is 0.0126. The lowest BCUT2D eigenvalue weighted by Gasteiger charge is -2.33. The molecule has 2 aliphatic heterocycles. The number of alkyl carbamates (subject to hydrolysis) is 1. The van der Waals surface area contributed by atoms with Crippen molar-refractivity contribution in [3.05, 3.63) is 59.7 Å². The number of aliphatic carboxylic acids is 1. The van der Waals surface area contributed by atoms with E-state index in [4.69, 9.17) is 4.74 Å². The number of fused-ring (bicyclic) bond motifs is 4. The Balaban J connectivity index is 1.07. The molecule has 4 aliphatic rings. The zero-order valence-electron chi connectivity index (χ0n) is 17.7. The average molecular weight is 434 g/mol. The molecule has 1 saturated carbocycles. The highest BCUT2D eigenvalue weighted by atomic mass is 16.5. The molecule has 3 atom stereocenters. The molecule has 7 nitrogen and oxygen atoms in total. The van der Waals surface area contributed by atoms with Gasteiger partial charge in [-0.1, -0.05) is 48.5 Å². The first-order valence-corrected chi connectivity index (χ1v) is 11.2. The Hall–Kier alpha value is -3.35. The minimum Gasteiger partial charge on any atom is -0.481 e. The van der Waals surface area contributed by atoms with Gasteiger partial charge in [0.25, 0.3) is 0 Å². The zero-order valence-corrected chi connectivity index (χ0v) is 17.7. The Labute approximate surface area is 186 Å². The lowest BCUT2D eigenvalue weighted by atomic mass is 9.74. The predicted molar refractivity (Wildman–Crippen MR) is 117 cm³/mol. The van der Waals surface area contributed by atoms with Crippen LogP contribution in [0.2, 0.25) is 0 Å². The van der Waals surface area contributed by atoms with Crippen molar-refractivity contribution in [1.82, 2.24) is 10.2 Å². The molecule has 2 aromatic carbocycles. The van der Waals surface area contributed by atoms with Gasteiger partial charge >= 0.3 is 12.1 Å². The molecule has 2 aliphatic carbocycles. The molecule has 6 rings (SSSR count). The van der Waals surface area contributed by atoms with E-state index in [1.54, 1.807) is 4.90 Å². The van der Waals surface area contributed by atoms with Crippen LogP contribution in [0, 0.1) is 11.8 Å². The number of ether oxygens (including phenoxy) is 1. The van der Waals surface area contributed by atoms with Crippen molar-refractivity contribution in [1.29, 1.82) is 0 Å². The lowest BCUT2D eigenvalue weighted by molar-refractivity contribution is -0.148. The molecule has 2 bridgehead atoms. The van der Waals surface area contributed by atoms with E-state index in [2.05, 4.69) is 29.6 Å². The van der Waals surface area contributed by atoms with Gasteiger partial charge in [0, 0.05) is 31.5 Å². The summed E-state index contributed by atoms with van der Waals surface area (Å²) in [7, 11) is 0. The number of carbonyl (C=O) groups is 3. The summed E-state index contributed by atoms with van der Waals surface area (Å²) in [5, 5.41) is 12.0. The molecule has 2 N–H and O–H groups in total. The standard InChI is InChI=1S/C25H26N2O5/c28-22(27-13-15-12-21(27)23(15)24(29)30)10-5-11-26-25(31)32-14-20-18-8-3-1-6-16(18)17-7-2-4-9-19(17)20/h1-4,6-9,15,20-21,23H,5,10-14H2,(H,26,31)(H,29,30). The molecule has 32 heavy (non-hydrogen) atoms. The molecule has 0 spiro atoms. The number of hydrogen-bond acceptors (Lipinski definition) is 4. The molecular weight excluding hydrogens is 408 g/mol. The number of carbonyl (C=O) groups excluding carboxylic acids is 2. The summed E-state index contributed by atoms with van der Waals surface area (Å²) in [5.74, 6) is -1.13. The number of carboxylic acids is 1. The highest BCUT2D eigenvalue weighted by Gasteiger charge is 2.56. The van der Waals surface area contributed by atoms with Crippen LogP contribution in [0.3, 0.4) is 0 Å². The summed E-state index contributed by atoms with van der Waals surface area (Å²) < 4.78 is 5.50. The molecule has 3 fully saturated rings. The fourth-order valence-corrected chi connectivity index (χ4v) is 5.50. The van der Waals surface area contributed by atoms with Gasteiger partial charge in [-0.25, -0.2) is 4.79 Å². The van der Waals surface area contributed by atoms with Crippen LogP contribution in [0.5, 0.6) is 0 Å². The van der Waals surface area contributed by atoms with Gasteiger partial charge < -0.3 is 20.1 Å². The quantitative estimate of drug-likeness (QED) is 0.653. The molecule has 2 aromatic rings. The Morgan fingerprint density at radius 2 is 1.69 bits per heavy atom. The van der Waals surface area contributed by atoms with Gasteiger partial charge in [0.1, 0.15) is 6.61 Å². The lowest BCUT2D eigenvalue weighted by Crippen LogP contribution is -2.45. The van der Waals surface area contributed by atoms with Gasteiger partial charge in [-0.05, 0) is 41.0 Å². The molecule has 0 aromatic heterocycles. The van der Waals surface area contributed by atoms with Crippen molar-refractivity contribution < 1.29 is 24.2 Å². The second-order valence-corrected chi connectivity index (χ2v) is 8.83. The molecule has 2 saturated heterocycles. The second kappa shape index (κ2) is 8.30. The molecular formula is C25H26N2O5. The SMILES string of the molecule is O=C(NCCCC(=O)N1CC2CC1C2C(=O)O)OCC1c2ccccc2-c2ccccc21. The van der Waals surface area contributed by atoms with Gasteiger partial charge in [-0.15, -0.1) is 0 Å². The monoisotopic (exact) mass is 434 g/mol. The van der Waals surface area contributed by atoms with Gasteiger partial charge in [-0.3, -0.25) is 9.59 Å².